The topological polar surface area (TPSA) is 47.0 Å². The van der Waals surface area contributed by atoms with Gasteiger partial charge in [-0.2, -0.15) is 0 Å². The van der Waals surface area contributed by atoms with Crippen LogP contribution in [0, 0.1) is 0 Å². The molecule has 2 aromatic rings. The van der Waals surface area contributed by atoms with Crippen molar-refractivity contribution < 1.29 is 4.74 Å². The van der Waals surface area contributed by atoms with Gasteiger partial charge in [0, 0.05) is 16.6 Å². The van der Waals surface area contributed by atoms with E-state index in [1.807, 2.05) is 6.92 Å². The molecule has 1 N–H and O–H groups in total. The molecule has 0 spiro atoms. The lowest BCUT2D eigenvalue weighted by Gasteiger charge is -2.13. The molecular formula is C15H17Cl2N3O. The van der Waals surface area contributed by atoms with Gasteiger partial charge in [0.1, 0.15) is 17.9 Å². The Hall–Kier alpha value is -1.52. The minimum atomic E-state index is 0.518. The minimum absolute atomic E-state index is 0.518. The normalized spacial score (nSPS) is 10.5. The smallest absolute Gasteiger partial charge is 0.227 e. The Labute approximate surface area is 134 Å². The van der Waals surface area contributed by atoms with E-state index < -0.39 is 0 Å². The van der Waals surface area contributed by atoms with Crippen molar-refractivity contribution in [2.45, 2.75) is 26.7 Å². The Morgan fingerprint density at radius 2 is 1.81 bits per heavy atom. The number of rotatable bonds is 6. The van der Waals surface area contributed by atoms with E-state index in [-0.39, 0.29) is 0 Å². The van der Waals surface area contributed by atoms with Gasteiger partial charge in [-0.25, -0.2) is 9.97 Å². The standard InChI is InChI=1S/C15H17Cl2N3O/c1-3-5-18-14-13(4-2)15(20-9-19-14)21-12-7-10(16)6-11(17)8-12/h6-9H,3-5H2,1-2H3,(H,18,19,20). The first-order valence-corrected chi connectivity index (χ1v) is 7.61. The van der Waals surface area contributed by atoms with E-state index in [0.717, 1.165) is 30.8 Å². The van der Waals surface area contributed by atoms with Crippen molar-refractivity contribution in [2.75, 3.05) is 11.9 Å². The highest BCUT2D eigenvalue weighted by Crippen LogP contribution is 2.31. The van der Waals surface area contributed by atoms with Crippen LogP contribution in [0.2, 0.25) is 10.0 Å². The molecule has 1 aromatic carbocycles. The van der Waals surface area contributed by atoms with Gasteiger partial charge in [-0.1, -0.05) is 37.0 Å². The van der Waals surface area contributed by atoms with Gasteiger partial charge in [0.15, 0.2) is 0 Å². The summed E-state index contributed by atoms with van der Waals surface area (Å²) in [5.41, 5.74) is 0.932. The Morgan fingerprint density at radius 3 is 2.43 bits per heavy atom. The highest BCUT2D eigenvalue weighted by molar-refractivity contribution is 6.34. The van der Waals surface area contributed by atoms with Gasteiger partial charge >= 0.3 is 0 Å². The minimum Gasteiger partial charge on any atom is -0.438 e. The zero-order chi connectivity index (χ0) is 15.2. The molecule has 2 rings (SSSR count). The van der Waals surface area contributed by atoms with Gasteiger partial charge in [0.05, 0.1) is 5.56 Å². The first kappa shape index (κ1) is 15.9. The van der Waals surface area contributed by atoms with Crippen LogP contribution in [0.3, 0.4) is 0 Å². The molecule has 21 heavy (non-hydrogen) atoms. The predicted octanol–water partition coefficient (Wildman–Crippen LogP) is 4.96. The zero-order valence-electron chi connectivity index (χ0n) is 12.0. The van der Waals surface area contributed by atoms with E-state index in [4.69, 9.17) is 27.9 Å². The second kappa shape index (κ2) is 7.48. The molecule has 0 aliphatic rings. The van der Waals surface area contributed by atoms with E-state index in [1.54, 1.807) is 18.2 Å². The van der Waals surface area contributed by atoms with Crippen molar-refractivity contribution in [1.82, 2.24) is 9.97 Å². The monoisotopic (exact) mass is 325 g/mol. The third-order valence-corrected chi connectivity index (χ3v) is 3.29. The number of hydrogen-bond donors (Lipinski definition) is 1. The van der Waals surface area contributed by atoms with Crippen molar-refractivity contribution in [1.29, 1.82) is 0 Å². The molecule has 0 aliphatic carbocycles. The summed E-state index contributed by atoms with van der Waals surface area (Å²) in [5.74, 6) is 1.88. The molecule has 0 radical (unpaired) electrons. The summed E-state index contributed by atoms with van der Waals surface area (Å²) in [6, 6.07) is 5.06. The number of nitrogens with zero attached hydrogens (tertiary/aromatic N) is 2. The van der Waals surface area contributed by atoms with Crippen LogP contribution in [-0.2, 0) is 6.42 Å². The highest BCUT2D eigenvalue weighted by Gasteiger charge is 2.12. The van der Waals surface area contributed by atoms with Crippen molar-refractivity contribution >= 4 is 29.0 Å². The molecule has 0 bridgehead atoms. The summed E-state index contributed by atoms with van der Waals surface area (Å²) in [6.45, 7) is 4.99. The second-order valence-electron chi connectivity index (χ2n) is 4.49. The summed E-state index contributed by atoms with van der Waals surface area (Å²) >= 11 is 12.0. The number of nitrogens with one attached hydrogen (secondary N) is 1. The lowest BCUT2D eigenvalue weighted by Crippen LogP contribution is -2.07. The fourth-order valence-corrected chi connectivity index (χ4v) is 2.40. The molecule has 0 fully saturated rings. The highest BCUT2D eigenvalue weighted by atomic mass is 35.5. The summed E-state index contributed by atoms with van der Waals surface area (Å²) < 4.78 is 5.82. The van der Waals surface area contributed by atoms with Crippen LogP contribution in [0.25, 0.3) is 0 Å². The number of benzene rings is 1. The third kappa shape index (κ3) is 4.22. The van der Waals surface area contributed by atoms with E-state index in [9.17, 15) is 0 Å². The van der Waals surface area contributed by atoms with E-state index >= 15 is 0 Å². The molecule has 1 aromatic heterocycles. The predicted molar refractivity (Wildman–Crippen MR) is 86.7 cm³/mol. The molecule has 0 amide bonds. The number of halogens is 2. The molecule has 1 heterocycles. The molecular weight excluding hydrogens is 309 g/mol. The fraction of sp³-hybridized carbons (Fsp3) is 0.333. The van der Waals surface area contributed by atoms with Crippen molar-refractivity contribution in [3.05, 3.63) is 40.1 Å². The van der Waals surface area contributed by atoms with Crippen LogP contribution in [0.15, 0.2) is 24.5 Å². The average molecular weight is 326 g/mol. The van der Waals surface area contributed by atoms with Gasteiger partial charge in [-0.3, -0.25) is 0 Å². The van der Waals surface area contributed by atoms with Crippen LogP contribution in [0.5, 0.6) is 11.6 Å². The average Bonchev–Trinajstić information content (AvgIpc) is 2.44. The van der Waals surface area contributed by atoms with E-state index in [2.05, 4.69) is 22.2 Å². The molecule has 0 saturated heterocycles. The Kier molecular flexibility index (Phi) is 5.65. The number of ether oxygens (including phenoxy) is 1. The first-order chi connectivity index (χ1) is 10.1. The number of aromatic nitrogens is 2. The fourth-order valence-electron chi connectivity index (χ4n) is 1.90. The molecule has 6 heteroatoms. The maximum atomic E-state index is 5.98. The van der Waals surface area contributed by atoms with Gasteiger partial charge in [0.2, 0.25) is 5.88 Å². The van der Waals surface area contributed by atoms with E-state index in [0.29, 0.717) is 21.7 Å². The van der Waals surface area contributed by atoms with Crippen LogP contribution >= 0.6 is 23.2 Å². The third-order valence-electron chi connectivity index (χ3n) is 2.85. The SMILES string of the molecule is CCCNc1ncnc(Oc2cc(Cl)cc(Cl)c2)c1CC. The molecule has 0 saturated carbocycles. The molecule has 0 unspecified atom stereocenters. The molecule has 0 atom stereocenters. The molecule has 0 aliphatic heterocycles. The summed E-state index contributed by atoms with van der Waals surface area (Å²) in [6.07, 6.45) is 3.27. The zero-order valence-corrected chi connectivity index (χ0v) is 13.5. The van der Waals surface area contributed by atoms with Gasteiger partial charge < -0.3 is 10.1 Å². The van der Waals surface area contributed by atoms with Crippen LogP contribution in [0.1, 0.15) is 25.8 Å². The van der Waals surface area contributed by atoms with Crippen LogP contribution in [-0.4, -0.2) is 16.5 Å². The Bertz CT molecular complexity index is 600. The lowest BCUT2D eigenvalue weighted by molar-refractivity contribution is 0.455. The first-order valence-electron chi connectivity index (χ1n) is 6.85. The van der Waals surface area contributed by atoms with Crippen molar-refractivity contribution in [3.63, 3.8) is 0 Å². The Balaban J connectivity index is 2.30. The largest absolute Gasteiger partial charge is 0.438 e. The molecule has 112 valence electrons. The van der Waals surface area contributed by atoms with Crippen LogP contribution in [0.4, 0.5) is 5.82 Å². The van der Waals surface area contributed by atoms with Crippen LogP contribution < -0.4 is 10.1 Å². The maximum absolute atomic E-state index is 5.98. The summed E-state index contributed by atoms with van der Waals surface area (Å²) in [7, 11) is 0. The number of anilines is 1. The molecule has 4 nitrogen and oxygen atoms in total. The second-order valence-corrected chi connectivity index (χ2v) is 5.37. The van der Waals surface area contributed by atoms with Gasteiger partial charge in [-0.15, -0.1) is 0 Å². The quantitative estimate of drug-likeness (QED) is 0.815. The van der Waals surface area contributed by atoms with Crippen molar-refractivity contribution in [2.24, 2.45) is 0 Å². The number of hydrogen-bond acceptors (Lipinski definition) is 4. The van der Waals surface area contributed by atoms with E-state index in [1.165, 1.54) is 6.33 Å². The maximum Gasteiger partial charge on any atom is 0.227 e. The summed E-state index contributed by atoms with van der Waals surface area (Å²) in [5, 5.41) is 4.32. The Morgan fingerprint density at radius 1 is 1.10 bits per heavy atom. The van der Waals surface area contributed by atoms with Crippen molar-refractivity contribution in [3.8, 4) is 11.6 Å². The lowest BCUT2D eigenvalue weighted by atomic mass is 10.2. The van der Waals surface area contributed by atoms with Gasteiger partial charge in [0.25, 0.3) is 0 Å². The van der Waals surface area contributed by atoms with Gasteiger partial charge in [-0.05, 0) is 31.0 Å². The summed E-state index contributed by atoms with van der Waals surface area (Å²) in [4.78, 5) is 8.48.